The van der Waals surface area contributed by atoms with E-state index in [1.807, 2.05) is 6.92 Å². The third kappa shape index (κ3) is 4.05. The van der Waals surface area contributed by atoms with Crippen molar-refractivity contribution in [1.29, 1.82) is 0 Å². The fourth-order valence-electron chi connectivity index (χ4n) is 1.77. The molecule has 0 bridgehead atoms. The highest BCUT2D eigenvalue weighted by Crippen LogP contribution is 2.21. The lowest BCUT2D eigenvalue weighted by Crippen LogP contribution is -2.33. The largest absolute Gasteiger partial charge is 0.273 e. The van der Waals surface area contributed by atoms with E-state index in [0.717, 1.165) is 0 Å². The monoisotopic (exact) mass is 296 g/mol. The van der Waals surface area contributed by atoms with Crippen molar-refractivity contribution in [1.82, 2.24) is 4.31 Å². The molecule has 0 saturated heterocycles. The van der Waals surface area contributed by atoms with Crippen molar-refractivity contribution in [2.45, 2.75) is 19.1 Å². The van der Waals surface area contributed by atoms with E-state index in [1.165, 1.54) is 22.5 Å². The minimum absolute atomic E-state index is 0.0309. The van der Waals surface area contributed by atoms with Crippen LogP contribution in [0.15, 0.2) is 24.3 Å². The molecular weight excluding hydrogens is 280 g/mol. The van der Waals surface area contributed by atoms with E-state index in [9.17, 15) is 18.5 Å². The second kappa shape index (κ2) is 7.03. The zero-order valence-corrected chi connectivity index (χ0v) is 12.0. The van der Waals surface area contributed by atoms with Crippen LogP contribution >= 0.6 is 0 Å². The van der Waals surface area contributed by atoms with E-state index in [4.69, 9.17) is 6.42 Å². The van der Waals surface area contributed by atoms with Crippen LogP contribution < -0.4 is 0 Å². The van der Waals surface area contributed by atoms with Gasteiger partial charge in [-0.2, -0.15) is 4.31 Å². The molecule has 20 heavy (non-hydrogen) atoms. The van der Waals surface area contributed by atoms with Crippen LogP contribution in [0.25, 0.3) is 0 Å². The van der Waals surface area contributed by atoms with Crippen LogP contribution in [0.4, 0.5) is 5.69 Å². The number of nitrogens with zero attached hydrogens (tertiary/aromatic N) is 2. The second-order valence-electron chi connectivity index (χ2n) is 4.18. The first-order valence-electron chi connectivity index (χ1n) is 6.06. The highest BCUT2D eigenvalue weighted by atomic mass is 32.2. The van der Waals surface area contributed by atoms with Crippen LogP contribution in [0.1, 0.15) is 18.9 Å². The normalized spacial score (nSPS) is 11.2. The number of benzene rings is 1. The van der Waals surface area contributed by atoms with Crippen molar-refractivity contribution in [3.8, 4) is 12.3 Å². The Bertz CT molecular complexity index is 620. The standard InChI is InChI=1S/C13H16N2O4S/c1-3-9-14(10-4-2)20(18,19)11-12-7-5-6-8-13(12)15(16)17/h1,5-8H,4,9-11H2,2H3. The van der Waals surface area contributed by atoms with Crippen LogP contribution in [0.2, 0.25) is 0 Å². The van der Waals surface area contributed by atoms with Gasteiger partial charge >= 0.3 is 0 Å². The number of nitro groups is 1. The molecule has 1 aromatic rings. The molecule has 0 aliphatic carbocycles. The third-order valence-electron chi connectivity index (χ3n) is 2.66. The van der Waals surface area contributed by atoms with Crippen LogP contribution in [-0.4, -0.2) is 30.7 Å². The molecule has 0 unspecified atom stereocenters. The molecule has 1 aromatic carbocycles. The van der Waals surface area contributed by atoms with Crippen LogP contribution in [-0.2, 0) is 15.8 Å². The fourth-order valence-corrected chi connectivity index (χ4v) is 3.32. The summed E-state index contributed by atoms with van der Waals surface area (Å²) < 4.78 is 25.7. The van der Waals surface area contributed by atoms with Crippen LogP contribution in [0, 0.1) is 22.5 Å². The molecule has 0 aliphatic rings. The van der Waals surface area contributed by atoms with Gasteiger partial charge in [0.1, 0.15) is 0 Å². The Kier molecular flexibility index (Phi) is 5.67. The third-order valence-corrected chi connectivity index (χ3v) is 4.43. The maximum absolute atomic E-state index is 12.3. The number of hydrogen-bond donors (Lipinski definition) is 0. The van der Waals surface area contributed by atoms with Crippen molar-refractivity contribution in [2.75, 3.05) is 13.1 Å². The topological polar surface area (TPSA) is 80.5 Å². The van der Waals surface area contributed by atoms with E-state index in [1.54, 1.807) is 6.07 Å². The molecule has 0 spiro atoms. The quantitative estimate of drug-likeness (QED) is 0.436. The van der Waals surface area contributed by atoms with Gasteiger partial charge in [-0.3, -0.25) is 10.1 Å². The first kappa shape index (κ1) is 16.1. The molecule has 0 saturated carbocycles. The Labute approximate surface area is 118 Å². The summed E-state index contributed by atoms with van der Waals surface area (Å²) in [5.74, 6) is 1.87. The van der Waals surface area contributed by atoms with Gasteiger partial charge in [-0.25, -0.2) is 8.42 Å². The van der Waals surface area contributed by atoms with Gasteiger partial charge in [0.25, 0.3) is 5.69 Å². The molecule has 0 atom stereocenters. The van der Waals surface area contributed by atoms with Gasteiger partial charge < -0.3 is 0 Å². The number of para-hydroxylation sites is 1. The molecule has 108 valence electrons. The number of terminal acetylenes is 1. The molecule has 0 N–H and O–H groups in total. The van der Waals surface area contributed by atoms with Crippen molar-refractivity contribution < 1.29 is 13.3 Å². The molecule has 1 rings (SSSR count). The summed E-state index contributed by atoms with van der Waals surface area (Å²) in [4.78, 5) is 10.3. The summed E-state index contributed by atoms with van der Waals surface area (Å²) in [5, 5.41) is 10.9. The molecule has 7 heteroatoms. The predicted molar refractivity (Wildman–Crippen MR) is 76.4 cm³/mol. The average Bonchev–Trinajstić information content (AvgIpc) is 2.38. The van der Waals surface area contributed by atoms with Crippen molar-refractivity contribution >= 4 is 15.7 Å². The van der Waals surface area contributed by atoms with Gasteiger partial charge in [0, 0.05) is 18.2 Å². The smallest absolute Gasteiger partial charge is 0.258 e. The minimum Gasteiger partial charge on any atom is -0.258 e. The highest BCUT2D eigenvalue weighted by molar-refractivity contribution is 7.88. The van der Waals surface area contributed by atoms with E-state index in [2.05, 4.69) is 5.92 Å². The van der Waals surface area contributed by atoms with Crippen molar-refractivity contribution in [3.05, 3.63) is 39.9 Å². The molecule has 6 nitrogen and oxygen atoms in total. The zero-order chi connectivity index (χ0) is 15.2. The first-order valence-corrected chi connectivity index (χ1v) is 7.67. The number of hydrogen-bond acceptors (Lipinski definition) is 4. The molecule has 0 fully saturated rings. The molecule has 0 aliphatic heterocycles. The summed E-state index contributed by atoms with van der Waals surface area (Å²) in [5.41, 5.74) is -0.0381. The van der Waals surface area contributed by atoms with E-state index in [0.29, 0.717) is 13.0 Å². The zero-order valence-electron chi connectivity index (χ0n) is 11.2. The van der Waals surface area contributed by atoms with E-state index in [-0.39, 0.29) is 17.8 Å². The predicted octanol–water partition coefficient (Wildman–Crippen LogP) is 1.77. The Morgan fingerprint density at radius 3 is 2.60 bits per heavy atom. The van der Waals surface area contributed by atoms with Gasteiger partial charge in [0.2, 0.25) is 10.0 Å². The summed E-state index contributed by atoms with van der Waals surface area (Å²) in [6, 6.07) is 5.80. The van der Waals surface area contributed by atoms with E-state index >= 15 is 0 Å². The highest BCUT2D eigenvalue weighted by Gasteiger charge is 2.25. The van der Waals surface area contributed by atoms with Crippen LogP contribution in [0.3, 0.4) is 0 Å². The Hall–Kier alpha value is -1.91. The summed E-state index contributed by atoms with van der Waals surface area (Å²) in [6.45, 7) is 2.11. The molecular formula is C13H16N2O4S. The maximum atomic E-state index is 12.3. The van der Waals surface area contributed by atoms with Gasteiger partial charge in [0.05, 0.1) is 17.2 Å². The van der Waals surface area contributed by atoms with Crippen molar-refractivity contribution in [3.63, 3.8) is 0 Å². The fraction of sp³-hybridized carbons (Fsp3) is 0.385. The number of sulfonamides is 1. The summed E-state index contributed by atoms with van der Waals surface area (Å²) in [7, 11) is -3.67. The average molecular weight is 296 g/mol. The number of rotatable bonds is 7. The lowest BCUT2D eigenvalue weighted by Gasteiger charge is -2.19. The summed E-state index contributed by atoms with van der Waals surface area (Å²) >= 11 is 0. The SMILES string of the molecule is C#CCN(CCC)S(=O)(=O)Cc1ccccc1[N+](=O)[O-]. The van der Waals surface area contributed by atoms with E-state index < -0.39 is 20.7 Å². The lowest BCUT2D eigenvalue weighted by molar-refractivity contribution is -0.385. The number of nitro benzene ring substituents is 1. The van der Waals surface area contributed by atoms with Gasteiger partial charge in [0.15, 0.2) is 0 Å². The molecule has 0 amide bonds. The minimum atomic E-state index is -3.67. The van der Waals surface area contributed by atoms with Crippen molar-refractivity contribution in [2.24, 2.45) is 0 Å². The second-order valence-corrected chi connectivity index (χ2v) is 6.15. The van der Waals surface area contributed by atoms with Gasteiger partial charge in [-0.05, 0) is 6.42 Å². The Balaban J connectivity index is 3.07. The van der Waals surface area contributed by atoms with Crippen LogP contribution in [0.5, 0.6) is 0 Å². The molecule has 0 radical (unpaired) electrons. The Morgan fingerprint density at radius 2 is 2.05 bits per heavy atom. The maximum Gasteiger partial charge on any atom is 0.273 e. The lowest BCUT2D eigenvalue weighted by atomic mass is 10.2. The molecule has 0 heterocycles. The Morgan fingerprint density at radius 1 is 1.40 bits per heavy atom. The van der Waals surface area contributed by atoms with Gasteiger partial charge in [-0.1, -0.05) is 31.0 Å². The molecule has 0 aromatic heterocycles. The summed E-state index contributed by atoms with van der Waals surface area (Å²) in [6.07, 6.45) is 5.79. The first-order chi connectivity index (χ1) is 9.42. The van der Waals surface area contributed by atoms with Gasteiger partial charge in [-0.15, -0.1) is 6.42 Å².